The van der Waals surface area contributed by atoms with Crippen molar-refractivity contribution in [1.82, 2.24) is 14.8 Å². The number of benzene rings is 2. The van der Waals surface area contributed by atoms with E-state index < -0.39 is 0 Å². The number of amides is 1. The van der Waals surface area contributed by atoms with Crippen LogP contribution in [0.3, 0.4) is 0 Å². The number of aryl methyl sites for hydroxylation is 3. The molecular weight excluding hydrogens is 372 g/mol. The molecule has 5 nitrogen and oxygen atoms in total. The Labute approximate surface area is 177 Å². The van der Waals surface area contributed by atoms with Crippen LogP contribution in [0.4, 0.5) is 5.69 Å². The largest absolute Gasteiger partial charge is 0.308 e. The highest BCUT2D eigenvalue weighted by Gasteiger charge is 2.23. The first kappa shape index (κ1) is 19.8. The highest BCUT2D eigenvalue weighted by Crippen LogP contribution is 2.29. The minimum atomic E-state index is -0.0373. The second-order valence-corrected chi connectivity index (χ2v) is 7.46. The summed E-state index contributed by atoms with van der Waals surface area (Å²) < 4.78 is 1.84. The fourth-order valence-corrected chi connectivity index (χ4v) is 3.89. The number of carbonyl (C=O) groups excluding carboxylic acids is 1. The molecule has 30 heavy (non-hydrogen) atoms. The minimum absolute atomic E-state index is 0.0373. The van der Waals surface area contributed by atoms with Crippen LogP contribution >= 0.6 is 0 Å². The van der Waals surface area contributed by atoms with Gasteiger partial charge in [0.2, 0.25) is 0 Å². The van der Waals surface area contributed by atoms with Gasteiger partial charge in [-0.2, -0.15) is 5.10 Å². The van der Waals surface area contributed by atoms with Crippen LogP contribution < -0.4 is 4.90 Å². The van der Waals surface area contributed by atoms with E-state index in [9.17, 15) is 4.79 Å². The second-order valence-electron chi connectivity index (χ2n) is 7.46. The van der Waals surface area contributed by atoms with Crippen LogP contribution in [0.2, 0.25) is 0 Å². The number of hydrogen-bond acceptors (Lipinski definition) is 3. The van der Waals surface area contributed by atoms with Gasteiger partial charge in [0.05, 0.1) is 22.8 Å². The summed E-state index contributed by atoms with van der Waals surface area (Å²) in [5, 5.41) is 5.24. The van der Waals surface area contributed by atoms with E-state index in [2.05, 4.69) is 18.1 Å². The maximum Gasteiger partial charge on any atom is 0.259 e. The lowest BCUT2D eigenvalue weighted by Gasteiger charge is -2.24. The Bertz CT molecular complexity index is 1210. The van der Waals surface area contributed by atoms with Gasteiger partial charge in [0, 0.05) is 24.3 Å². The molecule has 4 aromatic rings. The molecule has 0 fully saturated rings. The number of pyridine rings is 1. The molecule has 0 saturated heterocycles. The number of hydrogen-bond donors (Lipinski definition) is 0. The van der Waals surface area contributed by atoms with Gasteiger partial charge in [-0.25, -0.2) is 9.67 Å². The lowest BCUT2D eigenvalue weighted by atomic mass is 10.0. The first-order valence-corrected chi connectivity index (χ1v) is 10.3. The molecule has 0 radical (unpaired) electrons. The predicted molar refractivity (Wildman–Crippen MR) is 122 cm³/mol. The highest BCUT2D eigenvalue weighted by atomic mass is 16.2. The van der Waals surface area contributed by atoms with E-state index in [0.717, 1.165) is 33.5 Å². The van der Waals surface area contributed by atoms with E-state index in [1.165, 1.54) is 5.56 Å². The molecule has 2 heterocycles. The smallest absolute Gasteiger partial charge is 0.259 e. The van der Waals surface area contributed by atoms with Gasteiger partial charge in [-0.15, -0.1) is 0 Å². The summed E-state index contributed by atoms with van der Waals surface area (Å²) >= 11 is 0. The number of fused-ring (bicyclic) bond motifs is 1. The number of rotatable bonds is 5. The summed E-state index contributed by atoms with van der Waals surface area (Å²) in [6, 6.07) is 18.0. The highest BCUT2D eigenvalue weighted by molar-refractivity contribution is 6.14. The molecule has 0 aliphatic rings. The number of aromatic nitrogens is 3. The number of nitrogens with zero attached hydrogens (tertiary/aromatic N) is 4. The van der Waals surface area contributed by atoms with Gasteiger partial charge in [-0.1, -0.05) is 48.0 Å². The second kappa shape index (κ2) is 8.11. The molecule has 0 bridgehead atoms. The summed E-state index contributed by atoms with van der Waals surface area (Å²) in [5.41, 5.74) is 6.32. The molecule has 152 valence electrons. The van der Waals surface area contributed by atoms with Crippen LogP contribution in [0.5, 0.6) is 0 Å². The fraction of sp³-hybridized carbons (Fsp3) is 0.240. The van der Waals surface area contributed by atoms with E-state index in [-0.39, 0.29) is 5.91 Å². The van der Waals surface area contributed by atoms with Crippen LogP contribution in [-0.4, -0.2) is 27.2 Å². The van der Waals surface area contributed by atoms with E-state index >= 15 is 0 Å². The Kier molecular flexibility index (Phi) is 5.36. The average Bonchev–Trinajstić information content (AvgIpc) is 3.18. The molecule has 0 unspecified atom stereocenters. The van der Waals surface area contributed by atoms with Crippen LogP contribution in [-0.2, 0) is 6.54 Å². The van der Waals surface area contributed by atoms with Crippen LogP contribution in [0.25, 0.3) is 22.3 Å². The SMILES string of the molecule is CCN(C(=O)c1cc(-c2ccccc2)nc2c1cnn2CC)c1ccc(C)cc1C. The first-order valence-electron chi connectivity index (χ1n) is 10.3. The molecule has 2 aromatic carbocycles. The van der Waals surface area contributed by atoms with Gasteiger partial charge in [-0.3, -0.25) is 4.79 Å². The minimum Gasteiger partial charge on any atom is -0.308 e. The molecule has 0 N–H and O–H groups in total. The normalized spacial score (nSPS) is 11.1. The van der Waals surface area contributed by atoms with E-state index in [0.29, 0.717) is 18.7 Å². The van der Waals surface area contributed by atoms with E-state index in [4.69, 9.17) is 4.98 Å². The zero-order valence-corrected chi connectivity index (χ0v) is 17.9. The molecule has 0 saturated carbocycles. The Morgan fingerprint density at radius 3 is 2.47 bits per heavy atom. The fourth-order valence-electron chi connectivity index (χ4n) is 3.89. The molecule has 5 heteroatoms. The van der Waals surface area contributed by atoms with Gasteiger partial charge in [0.1, 0.15) is 0 Å². The monoisotopic (exact) mass is 398 g/mol. The summed E-state index contributed by atoms with van der Waals surface area (Å²) in [7, 11) is 0. The van der Waals surface area contributed by atoms with Crippen molar-refractivity contribution in [2.75, 3.05) is 11.4 Å². The molecule has 0 atom stereocenters. The summed E-state index contributed by atoms with van der Waals surface area (Å²) in [6.45, 7) is 9.41. The van der Waals surface area contributed by atoms with Crippen molar-refractivity contribution < 1.29 is 4.79 Å². The van der Waals surface area contributed by atoms with Gasteiger partial charge in [0.15, 0.2) is 5.65 Å². The van der Waals surface area contributed by atoms with Gasteiger partial charge in [-0.05, 0) is 45.4 Å². The Morgan fingerprint density at radius 2 is 1.80 bits per heavy atom. The lowest BCUT2D eigenvalue weighted by Crippen LogP contribution is -2.31. The van der Waals surface area contributed by atoms with Crippen molar-refractivity contribution in [1.29, 1.82) is 0 Å². The molecule has 0 spiro atoms. The Hall–Kier alpha value is -3.47. The van der Waals surface area contributed by atoms with E-state index in [1.807, 2.05) is 78.9 Å². The predicted octanol–water partition coefficient (Wildman–Crippen LogP) is 5.40. The molecule has 4 rings (SSSR count). The summed E-state index contributed by atoms with van der Waals surface area (Å²) in [5.74, 6) is -0.0373. The van der Waals surface area contributed by atoms with Crippen molar-refractivity contribution in [3.63, 3.8) is 0 Å². The third-order valence-electron chi connectivity index (χ3n) is 5.41. The van der Waals surface area contributed by atoms with Gasteiger partial charge in [0.25, 0.3) is 5.91 Å². The maximum absolute atomic E-state index is 13.8. The topological polar surface area (TPSA) is 51.0 Å². The zero-order valence-electron chi connectivity index (χ0n) is 17.9. The van der Waals surface area contributed by atoms with Gasteiger partial charge >= 0.3 is 0 Å². The van der Waals surface area contributed by atoms with Crippen LogP contribution in [0, 0.1) is 13.8 Å². The van der Waals surface area contributed by atoms with Crippen molar-refractivity contribution in [3.8, 4) is 11.3 Å². The summed E-state index contributed by atoms with van der Waals surface area (Å²) in [4.78, 5) is 20.4. The molecule has 2 aromatic heterocycles. The first-order chi connectivity index (χ1) is 14.5. The standard InChI is InChI=1S/C25H26N4O/c1-5-28(23-13-12-17(3)14-18(23)4)25(30)20-15-22(19-10-8-7-9-11-19)27-24-21(20)16-26-29(24)6-2/h7-16H,5-6H2,1-4H3. The molecule has 0 aliphatic carbocycles. The quantitative estimate of drug-likeness (QED) is 0.452. The number of carbonyl (C=O) groups is 1. The average molecular weight is 399 g/mol. The molecular formula is C25H26N4O. The lowest BCUT2D eigenvalue weighted by molar-refractivity contribution is 0.0989. The number of anilines is 1. The van der Waals surface area contributed by atoms with Crippen molar-refractivity contribution in [2.45, 2.75) is 34.2 Å². The molecule has 1 amide bonds. The van der Waals surface area contributed by atoms with Crippen LogP contribution in [0.15, 0.2) is 60.8 Å². The molecule has 0 aliphatic heterocycles. The summed E-state index contributed by atoms with van der Waals surface area (Å²) in [6.07, 6.45) is 1.75. The van der Waals surface area contributed by atoms with Crippen molar-refractivity contribution in [2.24, 2.45) is 0 Å². The Morgan fingerprint density at radius 1 is 1.03 bits per heavy atom. The van der Waals surface area contributed by atoms with E-state index in [1.54, 1.807) is 6.20 Å². The Balaban J connectivity index is 1.90. The van der Waals surface area contributed by atoms with Crippen LogP contribution in [0.1, 0.15) is 35.3 Å². The van der Waals surface area contributed by atoms with Crippen molar-refractivity contribution in [3.05, 3.63) is 77.5 Å². The third kappa shape index (κ3) is 3.47. The third-order valence-corrected chi connectivity index (χ3v) is 5.41. The zero-order chi connectivity index (χ0) is 21.3. The maximum atomic E-state index is 13.8. The van der Waals surface area contributed by atoms with Crippen molar-refractivity contribution >= 4 is 22.6 Å². The van der Waals surface area contributed by atoms with Gasteiger partial charge < -0.3 is 4.90 Å².